The van der Waals surface area contributed by atoms with Crippen molar-refractivity contribution in [3.63, 3.8) is 0 Å². The quantitative estimate of drug-likeness (QED) is 0.689. The van der Waals surface area contributed by atoms with Gasteiger partial charge in [0.15, 0.2) is 0 Å². The highest BCUT2D eigenvalue weighted by Gasteiger charge is 2.20. The zero-order valence-electron chi connectivity index (χ0n) is 9.09. The maximum absolute atomic E-state index is 4.19. The van der Waals surface area contributed by atoms with Gasteiger partial charge < -0.3 is 0 Å². The third-order valence-electron chi connectivity index (χ3n) is 2.64. The monoisotopic (exact) mass is 177 g/mol. The second-order valence-corrected chi connectivity index (χ2v) is 4.32. The van der Waals surface area contributed by atoms with E-state index >= 15 is 0 Å². The van der Waals surface area contributed by atoms with Crippen molar-refractivity contribution in [1.82, 2.24) is 4.98 Å². The molecule has 1 nitrogen and oxygen atoms in total. The lowest BCUT2D eigenvalue weighted by atomic mass is 9.79. The van der Waals surface area contributed by atoms with Gasteiger partial charge in [0, 0.05) is 12.4 Å². The lowest BCUT2D eigenvalue weighted by molar-refractivity contribution is 0.469. The molecule has 0 atom stereocenters. The Morgan fingerprint density at radius 3 is 2.62 bits per heavy atom. The van der Waals surface area contributed by atoms with E-state index in [0.717, 1.165) is 0 Å². The second kappa shape index (κ2) is 3.91. The Labute approximate surface area is 81.2 Å². The van der Waals surface area contributed by atoms with Crippen LogP contribution < -0.4 is 0 Å². The van der Waals surface area contributed by atoms with Crippen molar-refractivity contribution >= 4 is 0 Å². The molecule has 0 unspecified atom stereocenters. The van der Waals surface area contributed by atoms with Crippen molar-refractivity contribution in [2.75, 3.05) is 0 Å². The number of pyridine rings is 1. The third kappa shape index (κ3) is 2.30. The summed E-state index contributed by atoms with van der Waals surface area (Å²) in [4.78, 5) is 4.19. The summed E-state index contributed by atoms with van der Waals surface area (Å²) in [5.41, 5.74) is 3.01. The van der Waals surface area contributed by atoms with E-state index in [2.05, 4.69) is 38.7 Å². The first-order valence-electron chi connectivity index (χ1n) is 4.99. The maximum Gasteiger partial charge on any atom is 0.0307 e. The molecule has 0 radical (unpaired) electrons. The van der Waals surface area contributed by atoms with Crippen molar-refractivity contribution in [3.8, 4) is 0 Å². The molecule has 0 spiro atoms. The average Bonchev–Trinajstić information content (AvgIpc) is 2.04. The topological polar surface area (TPSA) is 12.9 Å². The van der Waals surface area contributed by atoms with Crippen LogP contribution in [0.4, 0.5) is 0 Å². The molecule has 0 fully saturated rings. The van der Waals surface area contributed by atoms with Gasteiger partial charge in [0.2, 0.25) is 0 Å². The predicted molar refractivity (Wildman–Crippen MR) is 56.9 cm³/mol. The standard InChI is InChI=1S/C12H19N/c1-5-7-12(3,4)11-9-13-8-6-10(11)2/h6,8-9H,5,7H2,1-4H3. The number of aryl methyl sites for hydroxylation is 1. The van der Waals surface area contributed by atoms with Crippen LogP contribution in [0.3, 0.4) is 0 Å². The van der Waals surface area contributed by atoms with E-state index < -0.39 is 0 Å². The van der Waals surface area contributed by atoms with Crippen LogP contribution in [0.1, 0.15) is 44.7 Å². The van der Waals surface area contributed by atoms with Gasteiger partial charge in [0.1, 0.15) is 0 Å². The van der Waals surface area contributed by atoms with Gasteiger partial charge in [-0.15, -0.1) is 0 Å². The van der Waals surface area contributed by atoms with Crippen molar-refractivity contribution in [3.05, 3.63) is 29.6 Å². The van der Waals surface area contributed by atoms with Crippen LogP contribution in [0.2, 0.25) is 0 Å². The van der Waals surface area contributed by atoms with Gasteiger partial charge in [0.25, 0.3) is 0 Å². The number of aromatic nitrogens is 1. The zero-order chi connectivity index (χ0) is 9.90. The van der Waals surface area contributed by atoms with Gasteiger partial charge in [-0.05, 0) is 36.0 Å². The maximum atomic E-state index is 4.19. The van der Waals surface area contributed by atoms with E-state index in [1.54, 1.807) is 0 Å². The molecule has 1 heterocycles. The summed E-state index contributed by atoms with van der Waals surface area (Å²) in [5, 5.41) is 0. The molecule has 0 aromatic carbocycles. The van der Waals surface area contributed by atoms with Crippen LogP contribution in [0.5, 0.6) is 0 Å². The van der Waals surface area contributed by atoms with E-state index in [-0.39, 0.29) is 5.41 Å². The largest absolute Gasteiger partial charge is 0.264 e. The Morgan fingerprint density at radius 2 is 2.08 bits per heavy atom. The molecule has 0 aliphatic heterocycles. The van der Waals surface area contributed by atoms with E-state index in [9.17, 15) is 0 Å². The molecule has 0 aliphatic rings. The highest BCUT2D eigenvalue weighted by Crippen LogP contribution is 2.29. The van der Waals surface area contributed by atoms with Crippen LogP contribution in [0.15, 0.2) is 18.5 Å². The first-order valence-corrected chi connectivity index (χ1v) is 4.99. The Balaban J connectivity index is 2.99. The van der Waals surface area contributed by atoms with Crippen LogP contribution >= 0.6 is 0 Å². The summed E-state index contributed by atoms with van der Waals surface area (Å²) in [6, 6.07) is 2.09. The van der Waals surface area contributed by atoms with Crippen LogP contribution in [0.25, 0.3) is 0 Å². The van der Waals surface area contributed by atoms with Gasteiger partial charge in [-0.1, -0.05) is 27.2 Å². The minimum absolute atomic E-state index is 0.271. The highest BCUT2D eigenvalue weighted by molar-refractivity contribution is 5.28. The molecule has 1 aromatic rings. The summed E-state index contributed by atoms with van der Waals surface area (Å²) in [6.07, 6.45) is 6.31. The van der Waals surface area contributed by atoms with Gasteiger partial charge in [0.05, 0.1) is 0 Å². The minimum atomic E-state index is 0.271. The summed E-state index contributed by atoms with van der Waals surface area (Å²) < 4.78 is 0. The molecule has 0 N–H and O–H groups in total. The van der Waals surface area contributed by atoms with Gasteiger partial charge in [-0.2, -0.15) is 0 Å². The molecule has 0 aliphatic carbocycles. The van der Waals surface area contributed by atoms with E-state index in [1.165, 1.54) is 24.0 Å². The van der Waals surface area contributed by atoms with Gasteiger partial charge in [-0.25, -0.2) is 0 Å². The summed E-state index contributed by atoms with van der Waals surface area (Å²) in [7, 11) is 0. The van der Waals surface area contributed by atoms with Gasteiger partial charge in [-0.3, -0.25) is 4.98 Å². The fraction of sp³-hybridized carbons (Fsp3) is 0.583. The molecule has 72 valence electrons. The fourth-order valence-electron chi connectivity index (χ4n) is 1.93. The molecule has 1 heteroatoms. The number of nitrogens with zero attached hydrogens (tertiary/aromatic N) is 1. The Morgan fingerprint density at radius 1 is 1.38 bits per heavy atom. The molecule has 1 rings (SSSR count). The Kier molecular flexibility index (Phi) is 3.07. The van der Waals surface area contributed by atoms with Crippen LogP contribution in [0, 0.1) is 6.92 Å². The third-order valence-corrected chi connectivity index (χ3v) is 2.64. The van der Waals surface area contributed by atoms with E-state index in [0.29, 0.717) is 0 Å². The number of hydrogen-bond acceptors (Lipinski definition) is 1. The van der Waals surface area contributed by atoms with Crippen molar-refractivity contribution in [1.29, 1.82) is 0 Å². The van der Waals surface area contributed by atoms with E-state index in [1.807, 2.05) is 12.4 Å². The number of hydrogen-bond donors (Lipinski definition) is 0. The summed E-state index contributed by atoms with van der Waals surface area (Å²) in [6.45, 7) is 8.98. The number of rotatable bonds is 3. The molecule has 0 saturated carbocycles. The SMILES string of the molecule is CCCC(C)(C)c1cnccc1C. The minimum Gasteiger partial charge on any atom is -0.264 e. The molecule has 1 aromatic heterocycles. The smallest absolute Gasteiger partial charge is 0.0307 e. The molecule has 0 bridgehead atoms. The van der Waals surface area contributed by atoms with Crippen molar-refractivity contribution < 1.29 is 0 Å². The fourth-order valence-corrected chi connectivity index (χ4v) is 1.93. The average molecular weight is 177 g/mol. The van der Waals surface area contributed by atoms with Crippen LogP contribution in [-0.4, -0.2) is 4.98 Å². The first kappa shape index (κ1) is 10.2. The second-order valence-electron chi connectivity index (χ2n) is 4.32. The van der Waals surface area contributed by atoms with E-state index in [4.69, 9.17) is 0 Å². The molecular formula is C12H19N. The van der Waals surface area contributed by atoms with Crippen molar-refractivity contribution in [2.45, 2.75) is 46.0 Å². The molecule has 13 heavy (non-hydrogen) atoms. The molecular weight excluding hydrogens is 158 g/mol. The summed E-state index contributed by atoms with van der Waals surface area (Å²) >= 11 is 0. The van der Waals surface area contributed by atoms with Gasteiger partial charge >= 0.3 is 0 Å². The zero-order valence-corrected chi connectivity index (χ0v) is 9.09. The predicted octanol–water partition coefficient (Wildman–Crippen LogP) is 3.47. The molecule has 0 saturated heterocycles. The first-order chi connectivity index (χ1) is 6.08. The normalized spacial score (nSPS) is 11.7. The Bertz CT molecular complexity index is 276. The lowest BCUT2D eigenvalue weighted by Gasteiger charge is -2.25. The Hall–Kier alpha value is -0.850. The van der Waals surface area contributed by atoms with Crippen LogP contribution in [-0.2, 0) is 5.41 Å². The highest BCUT2D eigenvalue weighted by atomic mass is 14.6. The molecule has 0 amide bonds. The summed E-state index contributed by atoms with van der Waals surface area (Å²) in [5.74, 6) is 0. The van der Waals surface area contributed by atoms with Crippen molar-refractivity contribution in [2.24, 2.45) is 0 Å². The lowest BCUT2D eigenvalue weighted by Crippen LogP contribution is -2.18.